The molecule has 1 aliphatic heterocycles. The van der Waals surface area contributed by atoms with E-state index in [4.69, 9.17) is 10.8 Å². The third kappa shape index (κ3) is 4.75. The zero-order chi connectivity index (χ0) is 27.9. The topological polar surface area (TPSA) is 136 Å². The normalized spacial score (nSPS) is 17.2. The van der Waals surface area contributed by atoms with Crippen LogP contribution in [0.5, 0.6) is 0 Å². The number of sulfonamides is 1. The molecule has 1 fully saturated rings. The lowest BCUT2D eigenvalue weighted by Crippen LogP contribution is -2.40. The zero-order valence-corrected chi connectivity index (χ0v) is 22.9. The lowest BCUT2D eigenvalue weighted by Gasteiger charge is -2.32. The fourth-order valence-corrected chi connectivity index (χ4v) is 7.14. The third-order valence-electron chi connectivity index (χ3n) is 7.83. The van der Waals surface area contributed by atoms with Crippen LogP contribution in [0.4, 0.5) is 5.82 Å². The summed E-state index contributed by atoms with van der Waals surface area (Å²) in [5.74, 6) is 0.228. The van der Waals surface area contributed by atoms with Crippen molar-refractivity contribution in [2.24, 2.45) is 0 Å². The fourth-order valence-electron chi connectivity index (χ4n) is 5.81. The van der Waals surface area contributed by atoms with Gasteiger partial charge in [0.1, 0.15) is 17.8 Å². The Balaban J connectivity index is 1.25. The smallest absolute Gasteiger partial charge is 0.246 e. The van der Waals surface area contributed by atoms with Crippen LogP contribution in [0.15, 0.2) is 66.3 Å². The highest BCUT2D eigenvalue weighted by molar-refractivity contribution is 7.89. The van der Waals surface area contributed by atoms with E-state index in [1.165, 1.54) is 12.4 Å². The number of benzene rings is 2. The molecule has 0 bridgehead atoms. The van der Waals surface area contributed by atoms with Crippen molar-refractivity contribution in [2.75, 3.05) is 18.8 Å². The van der Waals surface area contributed by atoms with E-state index in [1.807, 2.05) is 41.1 Å². The number of anilines is 1. The zero-order valence-electron chi connectivity index (χ0n) is 22.1. The van der Waals surface area contributed by atoms with Crippen molar-refractivity contribution in [2.45, 2.75) is 49.6 Å². The van der Waals surface area contributed by atoms with Gasteiger partial charge in [-0.15, -0.1) is 0 Å². The van der Waals surface area contributed by atoms with E-state index in [-0.39, 0.29) is 18.5 Å². The van der Waals surface area contributed by atoms with E-state index in [0.29, 0.717) is 40.5 Å². The van der Waals surface area contributed by atoms with Gasteiger partial charge >= 0.3 is 0 Å². The Morgan fingerprint density at radius 3 is 2.75 bits per heavy atom. The highest BCUT2D eigenvalue weighted by Crippen LogP contribution is 2.34. The van der Waals surface area contributed by atoms with Crippen molar-refractivity contribution in [1.29, 1.82) is 0 Å². The van der Waals surface area contributed by atoms with Gasteiger partial charge in [-0.1, -0.05) is 43.0 Å². The van der Waals surface area contributed by atoms with Crippen molar-refractivity contribution >= 4 is 32.8 Å². The van der Waals surface area contributed by atoms with Gasteiger partial charge in [-0.05, 0) is 60.9 Å². The number of carbonyl (C=O) groups excluding carboxylic acids is 1. The molecular weight excluding hydrogens is 526 g/mol. The van der Waals surface area contributed by atoms with Crippen LogP contribution in [0.2, 0.25) is 0 Å². The number of nitrogens with one attached hydrogen (secondary N) is 1. The fraction of sp³-hybridized carbons (Fsp3) is 0.310. The third-order valence-corrected chi connectivity index (χ3v) is 9.32. The number of carbonyl (C=O) groups is 1. The van der Waals surface area contributed by atoms with Gasteiger partial charge in [-0.3, -0.25) is 4.79 Å². The van der Waals surface area contributed by atoms with E-state index in [0.717, 1.165) is 54.4 Å². The molecule has 0 unspecified atom stereocenters. The Morgan fingerprint density at radius 2 is 1.95 bits per heavy atom. The Kier molecular flexibility index (Phi) is 6.85. The Hall–Kier alpha value is -4.09. The number of fused-ring (bicyclic) bond motifs is 2. The highest BCUT2D eigenvalue weighted by atomic mass is 32.2. The second-order valence-electron chi connectivity index (χ2n) is 10.3. The van der Waals surface area contributed by atoms with Crippen LogP contribution in [0.25, 0.3) is 22.3 Å². The number of aromatic nitrogens is 4. The van der Waals surface area contributed by atoms with Gasteiger partial charge in [0.25, 0.3) is 0 Å². The number of hydrogen-bond acceptors (Lipinski definition) is 7. The standard InChI is InChI=1S/C29H31N7O3S/c1-2-25(37)35-15-5-8-22(17-35)36-29-26(28(30)31-18-32-29)27(34-36)21-13-11-19(12-14-21)16-33-40(38,39)24-10-4-7-20-6-3-9-23(20)24/h2,4,7,10-14,18,22,33H,1,3,5-6,8-9,15-17H2,(H2,30,31,32)/t22-/m1/s1. The quantitative estimate of drug-likeness (QED) is 0.333. The SMILES string of the molecule is C=CC(=O)N1CCC[C@@H](n2nc(-c3ccc(CNS(=O)(=O)c4cccc5c4CCC5)cc3)c3c(N)ncnc32)C1. The highest BCUT2D eigenvalue weighted by Gasteiger charge is 2.28. The van der Waals surface area contributed by atoms with Crippen LogP contribution < -0.4 is 10.5 Å². The number of hydrogen-bond donors (Lipinski definition) is 2. The van der Waals surface area contributed by atoms with Crippen LogP contribution in [0.1, 0.15) is 42.0 Å². The first-order chi connectivity index (χ1) is 19.4. The van der Waals surface area contributed by atoms with Gasteiger partial charge in [-0.25, -0.2) is 27.8 Å². The molecule has 40 heavy (non-hydrogen) atoms. The first-order valence-electron chi connectivity index (χ1n) is 13.5. The maximum absolute atomic E-state index is 13.1. The Morgan fingerprint density at radius 1 is 1.12 bits per heavy atom. The van der Waals surface area contributed by atoms with Crippen molar-refractivity contribution in [3.8, 4) is 11.3 Å². The predicted octanol–water partition coefficient (Wildman–Crippen LogP) is 3.39. The number of rotatable bonds is 7. The molecule has 1 amide bonds. The molecule has 3 heterocycles. The maximum Gasteiger partial charge on any atom is 0.246 e. The molecule has 2 aromatic carbocycles. The molecule has 0 saturated carbocycles. The number of aryl methyl sites for hydroxylation is 1. The van der Waals surface area contributed by atoms with Gasteiger partial charge in [-0.2, -0.15) is 5.10 Å². The van der Waals surface area contributed by atoms with Gasteiger partial charge in [0.05, 0.1) is 16.3 Å². The van der Waals surface area contributed by atoms with Crippen molar-refractivity contribution in [1.82, 2.24) is 29.4 Å². The van der Waals surface area contributed by atoms with Crippen molar-refractivity contribution < 1.29 is 13.2 Å². The Bertz CT molecular complexity index is 1710. The number of piperidine rings is 1. The summed E-state index contributed by atoms with van der Waals surface area (Å²) in [6.07, 6.45) is 7.15. The summed E-state index contributed by atoms with van der Waals surface area (Å²) >= 11 is 0. The summed E-state index contributed by atoms with van der Waals surface area (Å²) in [5.41, 5.74) is 11.2. The van der Waals surface area contributed by atoms with E-state index in [2.05, 4.69) is 21.3 Å². The molecule has 3 N–H and O–H groups in total. The first kappa shape index (κ1) is 26.1. The summed E-state index contributed by atoms with van der Waals surface area (Å²) in [5, 5.41) is 5.56. The summed E-state index contributed by atoms with van der Waals surface area (Å²) in [6.45, 7) is 4.97. The molecule has 0 spiro atoms. The summed E-state index contributed by atoms with van der Waals surface area (Å²) < 4.78 is 30.8. The molecule has 1 atom stereocenters. The molecule has 6 rings (SSSR count). The second-order valence-corrected chi connectivity index (χ2v) is 12.0. The predicted molar refractivity (Wildman–Crippen MR) is 153 cm³/mol. The van der Waals surface area contributed by atoms with Gasteiger partial charge in [0.15, 0.2) is 5.65 Å². The van der Waals surface area contributed by atoms with Crippen LogP contribution >= 0.6 is 0 Å². The van der Waals surface area contributed by atoms with Crippen LogP contribution in [-0.4, -0.2) is 52.1 Å². The second kappa shape index (κ2) is 10.5. The Labute approximate surface area is 233 Å². The summed E-state index contributed by atoms with van der Waals surface area (Å²) in [7, 11) is -3.64. The van der Waals surface area contributed by atoms with Gasteiger partial charge < -0.3 is 10.6 Å². The van der Waals surface area contributed by atoms with Crippen molar-refractivity contribution in [3.05, 3.63) is 78.1 Å². The van der Waals surface area contributed by atoms with E-state index >= 15 is 0 Å². The number of nitrogen functional groups attached to an aromatic ring is 1. The van der Waals surface area contributed by atoms with Crippen LogP contribution in [-0.2, 0) is 34.2 Å². The van der Waals surface area contributed by atoms with Gasteiger partial charge in [0.2, 0.25) is 15.9 Å². The number of nitrogens with zero attached hydrogens (tertiary/aromatic N) is 5. The molecule has 0 radical (unpaired) electrons. The molecule has 206 valence electrons. The minimum atomic E-state index is -3.64. The molecule has 1 saturated heterocycles. The van der Waals surface area contributed by atoms with E-state index in [9.17, 15) is 13.2 Å². The molecule has 2 aromatic heterocycles. The molecular formula is C29H31N7O3S. The monoisotopic (exact) mass is 557 g/mol. The molecule has 10 nitrogen and oxygen atoms in total. The lowest BCUT2D eigenvalue weighted by atomic mass is 10.1. The maximum atomic E-state index is 13.1. The largest absolute Gasteiger partial charge is 0.383 e. The van der Waals surface area contributed by atoms with Crippen LogP contribution in [0, 0.1) is 0 Å². The van der Waals surface area contributed by atoms with Crippen molar-refractivity contribution in [3.63, 3.8) is 0 Å². The van der Waals surface area contributed by atoms with E-state index in [1.54, 1.807) is 11.0 Å². The first-order valence-corrected chi connectivity index (χ1v) is 14.9. The lowest BCUT2D eigenvalue weighted by molar-refractivity contribution is -0.127. The molecule has 2 aliphatic rings. The average molecular weight is 558 g/mol. The summed E-state index contributed by atoms with van der Waals surface area (Å²) in [4.78, 5) is 23.1. The average Bonchev–Trinajstić information content (AvgIpc) is 3.62. The number of likely N-dealkylation sites (tertiary alicyclic amines) is 1. The van der Waals surface area contributed by atoms with Crippen LogP contribution in [0.3, 0.4) is 0 Å². The molecule has 1 aliphatic carbocycles. The van der Waals surface area contributed by atoms with E-state index < -0.39 is 10.0 Å². The molecule has 11 heteroatoms. The molecule has 4 aromatic rings. The summed E-state index contributed by atoms with van der Waals surface area (Å²) in [6, 6.07) is 13.0. The number of nitrogens with two attached hydrogens (primary N) is 1. The number of amides is 1. The minimum absolute atomic E-state index is 0.0590. The minimum Gasteiger partial charge on any atom is -0.383 e. The van der Waals surface area contributed by atoms with Gasteiger partial charge in [0, 0.05) is 25.2 Å².